The highest BCUT2D eigenvalue weighted by Crippen LogP contribution is 2.38. The fraction of sp³-hybridized carbons (Fsp3) is 0.182. The number of nitrogens with zero attached hydrogens (tertiary/aromatic N) is 3. The van der Waals surface area contributed by atoms with Crippen molar-refractivity contribution in [2.45, 2.75) is 25.6 Å². The molecule has 0 spiro atoms. The third-order valence-corrected chi connectivity index (χ3v) is 7.18. The molecule has 212 valence electrons. The number of hydrogen-bond acceptors (Lipinski definition) is 8. The largest absolute Gasteiger partial charge is 0.488 e. The van der Waals surface area contributed by atoms with Crippen molar-refractivity contribution in [1.82, 2.24) is 15.3 Å². The predicted molar refractivity (Wildman–Crippen MR) is 161 cm³/mol. The molecule has 0 aliphatic heterocycles. The Labute approximate surface area is 248 Å². The number of nitrogens with one attached hydrogen (secondary N) is 1. The maximum atomic E-state index is 9.74. The third kappa shape index (κ3) is 6.51. The molecule has 1 heterocycles. The maximum Gasteiger partial charge on any atom is 0.230 e. The molecule has 0 saturated heterocycles. The summed E-state index contributed by atoms with van der Waals surface area (Å²) in [6.45, 7) is 1.63. The van der Waals surface area contributed by atoms with Gasteiger partial charge in [-0.25, -0.2) is 9.97 Å². The van der Waals surface area contributed by atoms with Crippen LogP contribution in [0.1, 0.15) is 23.6 Å². The van der Waals surface area contributed by atoms with E-state index in [9.17, 15) is 15.5 Å². The Balaban J connectivity index is 1.50. The van der Waals surface area contributed by atoms with Crippen molar-refractivity contribution in [3.05, 3.63) is 113 Å². The number of aliphatic hydroxyl groups is 2. The first kappa shape index (κ1) is 29.0. The molecule has 0 aliphatic carbocycles. The minimum atomic E-state index is -0.906. The van der Waals surface area contributed by atoms with E-state index in [1.165, 1.54) is 6.33 Å². The average Bonchev–Trinajstić information content (AvgIpc) is 3.04. The van der Waals surface area contributed by atoms with Gasteiger partial charge < -0.3 is 25.0 Å². The van der Waals surface area contributed by atoms with E-state index in [4.69, 9.17) is 21.1 Å². The second kappa shape index (κ2) is 13.0. The smallest absolute Gasteiger partial charge is 0.230 e. The van der Waals surface area contributed by atoms with Gasteiger partial charge in [-0.2, -0.15) is 5.26 Å². The first-order valence-corrected chi connectivity index (χ1v) is 13.7. The molecule has 0 amide bonds. The van der Waals surface area contributed by atoms with Crippen LogP contribution in [0.25, 0.3) is 22.0 Å². The van der Waals surface area contributed by atoms with Crippen molar-refractivity contribution in [1.29, 1.82) is 5.26 Å². The molecular formula is C33H29ClN4O4. The first-order valence-electron chi connectivity index (χ1n) is 13.3. The van der Waals surface area contributed by atoms with E-state index in [1.807, 2.05) is 54.6 Å². The molecule has 0 saturated carbocycles. The van der Waals surface area contributed by atoms with Crippen LogP contribution in [0, 0.1) is 11.3 Å². The number of ether oxygens (including phenoxy) is 2. The van der Waals surface area contributed by atoms with E-state index >= 15 is 0 Å². The number of benzene rings is 4. The quantitative estimate of drug-likeness (QED) is 0.173. The summed E-state index contributed by atoms with van der Waals surface area (Å²) in [5.74, 6) is 1.15. The number of aromatic nitrogens is 2. The van der Waals surface area contributed by atoms with Crippen LogP contribution in [-0.2, 0) is 13.2 Å². The minimum absolute atomic E-state index is 0.192. The summed E-state index contributed by atoms with van der Waals surface area (Å²) in [7, 11) is 0. The number of fused-ring (bicyclic) bond motifs is 1. The maximum absolute atomic E-state index is 9.74. The van der Waals surface area contributed by atoms with Gasteiger partial charge in [0.05, 0.1) is 46.3 Å². The van der Waals surface area contributed by atoms with Gasteiger partial charge in [0.15, 0.2) is 5.75 Å². The van der Waals surface area contributed by atoms with Gasteiger partial charge in [0, 0.05) is 23.7 Å². The topological polar surface area (TPSA) is 121 Å². The molecule has 1 aromatic heterocycles. The molecule has 8 nitrogen and oxygen atoms in total. The van der Waals surface area contributed by atoms with Crippen LogP contribution < -0.4 is 14.8 Å². The summed E-state index contributed by atoms with van der Waals surface area (Å²) in [6.07, 6.45) is 1.46. The van der Waals surface area contributed by atoms with Crippen LogP contribution >= 0.6 is 11.6 Å². The summed E-state index contributed by atoms with van der Waals surface area (Å²) in [4.78, 5) is 8.94. The van der Waals surface area contributed by atoms with Gasteiger partial charge in [-0.3, -0.25) is 0 Å². The van der Waals surface area contributed by atoms with Crippen LogP contribution in [0.3, 0.4) is 0 Å². The lowest BCUT2D eigenvalue weighted by molar-refractivity contribution is 0.103. The molecule has 0 bridgehead atoms. The van der Waals surface area contributed by atoms with Crippen molar-refractivity contribution in [3.63, 3.8) is 0 Å². The normalized spacial score (nSPS) is 11.3. The van der Waals surface area contributed by atoms with Crippen molar-refractivity contribution in [3.8, 4) is 34.6 Å². The molecule has 0 fully saturated rings. The summed E-state index contributed by atoms with van der Waals surface area (Å²) >= 11 is 6.72. The molecule has 0 radical (unpaired) electrons. The molecule has 9 heteroatoms. The van der Waals surface area contributed by atoms with Crippen molar-refractivity contribution in [2.24, 2.45) is 0 Å². The summed E-state index contributed by atoms with van der Waals surface area (Å²) in [5, 5.41) is 33.0. The third-order valence-electron chi connectivity index (χ3n) is 6.89. The van der Waals surface area contributed by atoms with E-state index in [0.717, 1.165) is 27.6 Å². The van der Waals surface area contributed by atoms with Gasteiger partial charge in [0.2, 0.25) is 5.88 Å². The average molecular weight is 581 g/mol. The van der Waals surface area contributed by atoms with Crippen LogP contribution in [0.2, 0.25) is 5.02 Å². The standard InChI is InChI=1S/C33H29ClN4O4/c1-33(19-39,20-40)38-17-25-14-28(34)30(15-29(25)41-18-23-8-5-7-22(13-23)16-35)42-32-27-12-6-11-26(31(27)36-21-37-32)24-9-3-2-4-10-24/h2-15,21,38-40H,17-20H2,1H3. The Morgan fingerprint density at radius 3 is 2.48 bits per heavy atom. The number of halogens is 1. The molecule has 3 N–H and O–H groups in total. The summed E-state index contributed by atoms with van der Waals surface area (Å²) in [5.41, 5.74) is 3.85. The molecule has 0 unspecified atom stereocenters. The van der Waals surface area contributed by atoms with Crippen molar-refractivity contribution in [2.75, 3.05) is 13.2 Å². The Morgan fingerprint density at radius 1 is 0.929 bits per heavy atom. The molecule has 5 aromatic rings. The number of hydrogen-bond donors (Lipinski definition) is 3. The van der Waals surface area contributed by atoms with Crippen LogP contribution in [0.15, 0.2) is 91.3 Å². The van der Waals surface area contributed by atoms with Crippen LogP contribution in [0.5, 0.6) is 17.4 Å². The predicted octanol–water partition coefficient (Wildman–Crippen LogP) is 6.03. The lowest BCUT2D eigenvalue weighted by Gasteiger charge is -2.27. The number of nitriles is 1. The van der Waals surface area contributed by atoms with Gasteiger partial charge >= 0.3 is 0 Å². The second-order valence-electron chi connectivity index (χ2n) is 10.1. The Bertz CT molecular complexity index is 1740. The summed E-state index contributed by atoms with van der Waals surface area (Å²) in [6, 6.07) is 28.5. The van der Waals surface area contributed by atoms with Crippen molar-refractivity contribution >= 4 is 22.5 Å². The minimum Gasteiger partial charge on any atom is -0.488 e. The zero-order valence-electron chi connectivity index (χ0n) is 22.9. The van der Waals surface area contributed by atoms with E-state index < -0.39 is 5.54 Å². The van der Waals surface area contributed by atoms with E-state index in [1.54, 1.807) is 37.3 Å². The molecule has 0 aliphatic rings. The van der Waals surface area contributed by atoms with E-state index in [0.29, 0.717) is 33.5 Å². The highest BCUT2D eigenvalue weighted by atomic mass is 35.5. The van der Waals surface area contributed by atoms with Gasteiger partial charge in [-0.15, -0.1) is 0 Å². The highest BCUT2D eigenvalue weighted by Gasteiger charge is 2.23. The monoisotopic (exact) mass is 580 g/mol. The van der Waals surface area contributed by atoms with Crippen molar-refractivity contribution < 1.29 is 19.7 Å². The zero-order valence-corrected chi connectivity index (χ0v) is 23.7. The zero-order chi connectivity index (χ0) is 29.5. The lowest BCUT2D eigenvalue weighted by atomic mass is 10.0. The molecule has 5 rings (SSSR count). The van der Waals surface area contributed by atoms with Gasteiger partial charge in [-0.1, -0.05) is 66.2 Å². The molecule has 4 aromatic carbocycles. The molecule has 0 atom stereocenters. The Kier molecular flexibility index (Phi) is 8.96. The molecular weight excluding hydrogens is 552 g/mol. The van der Waals surface area contributed by atoms with Gasteiger partial charge in [-0.05, 0) is 42.3 Å². The van der Waals surface area contributed by atoms with Gasteiger partial charge in [0.1, 0.15) is 18.7 Å². The number of aliphatic hydroxyl groups excluding tert-OH is 2. The SMILES string of the molecule is CC(CO)(CO)NCc1cc(Cl)c(Oc2ncnc3c(-c4ccccc4)cccc23)cc1OCc1cccc(C#N)c1. The van der Waals surface area contributed by atoms with E-state index in [-0.39, 0.29) is 26.4 Å². The fourth-order valence-electron chi connectivity index (χ4n) is 4.39. The first-order chi connectivity index (χ1) is 20.4. The summed E-state index contributed by atoms with van der Waals surface area (Å²) < 4.78 is 12.5. The van der Waals surface area contributed by atoms with Gasteiger partial charge in [0.25, 0.3) is 0 Å². The van der Waals surface area contributed by atoms with Crippen LogP contribution in [0.4, 0.5) is 0 Å². The second-order valence-corrected chi connectivity index (χ2v) is 10.5. The lowest BCUT2D eigenvalue weighted by Crippen LogP contribution is -2.48. The number of para-hydroxylation sites is 1. The Morgan fingerprint density at radius 2 is 1.71 bits per heavy atom. The highest BCUT2D eigenvalue weighted by molar-refractivity contribution is 6.32. The fourth-order valence-corrected chi connectivity index (χ4v) is 4.61. The Hall–Kier alpha value is -4.52. The van der Waals surface area contributed by atoms with Crippen LogP contribution in [-0.4, -0.2) is 38.9 Å². The van der Waals surface area contributed by atoms with E-state index in [2.05, 4.69) is 21.4 Å². The molecule has 42 heavy (non-hydrogen) atoms. The number of rotatable bonds is 11.